The fraction of sp³-hybridized carbons (Fsp3) is 0.417. The van der Waals surface area contributed by atoms with Crippen LogP contribution in [-0.4, -0.2) is 36.4 Å². The number of aliphatic hydroxyl groups excluding tert-OH is 1. The van der Waals surface area contributed by atoms with Gasteiger partial charge in [0.2, 0.25) is 0 Å². The van der Waals surface area contributed by atoms with Gasteiger partial charge in [0.15, 0.2) is 0 Å². The molecule has 0 radical (unpaired) electrons. The zero-order chi connectivity index (χ0) is 12.1. The highest BCUT2D eigenvalue weighted by Crippen LogP contribution is 2.10. The Morgan fingerprint density at radius 1 is 1.39 bits per heavy atom. The lowest BCUT2D eigenvalue weighted by atomic mass is 9.94. The molecule has 5 nitrogen and oxygen atoms in total. The summed E-state index contributed by atoms with van der Waals surface area (Å²) in [5.74, 6) is 0. The second kappa shape index (κ2) is 6.58. The number of carbonyl (C=O) groups is 1. The third-order valence-corrected chi connectivity index (χ3v) is 2.81. The average molecular weight is 273 g/mol. The average Bonchev–Trinajstić information content (AvgIpc) is 2.33. The van der Waals surface area contributed by atoms with Gasteiger partial charge >= 0.3 is 6.09 Å². The molecule has 0 spiro atoms. The van der Waals surface area contributed by atoms with E-state index in [1.807, 2.05) is 30.3 Å². The van der Waals surface area contributed by atoms with E-state index in [2.05, 4.69) is 10.6 Å². The SMILES string of the molecule is Cl.O=C(NC1(CO)CNC1)OCc1ccccc1. The summed E-state index contributed by atoms with van der Waals surface area (Å²) >= 11 is 0. The molecule has 100 valence electrons. The van der Waals surface area contributed by atoms with Crippen molar-refractivity contribution >= 4 is 18.5 Å². The predicted octanol–water partition coefficient (Wildman–Crippen LogP) is 0.669. The van der Waals surface area contributed by atoms with Crippen LogP contribution < -0.4 is 10.6 Å². The molecule has 0 bridgehead atoms. The quantitative estimate of drug-likeness (QED) is 0.753. The predicted molar refractivity (Wildman–Crippen MR) is 69.7 cm³/mol. The van der Waals surface area contributed by atoms with Gasteiger partial charge in [-0.3, -0.25) is 0 Å². The Bertz CT molecular complexity index is 377. The molecular formula is C12H17ClN2O3. The van der Waals surface area contributed by atoms with Gasteiger partial charge in [-0.15, -0.1) is 12.4 Å². The summed E-state index contributed by atoms with van der Waals surface area (Å²) in [6, 6.07) is 9.47. The Kier molecular flexibility index (Phi) is 5.40. The number of hydrogen-bond donors (Lipinski definition) is 3. The standard InChI is InChI=1S/C12H16N2O3.ClH/c15-9-12(7-13-8-12)14-11(16)17-6-10-4-2-1-3-5-10;/h1-5,13,15H,6-9H2,(H,14,16);1H. The maximum atomic E-state index is 11.5. The molecule has 1 aliphatic heterocycles. The van der Waals surface area contributed by atoms with Crippen molar-refractivity contribution in [1.82, 2.24) is 10.6 Å². The van der Waals surface area contributed by atoms with Crippen molar-refractivity contribution in [2.45, 2.75) is 12.1 Å². The van der Waals surface area contributed by atoms with Gasteiger partial charge in [-0.1, -0.05) is 30.3 Å². The molecule has 1 aromatic carbocycles. The van der Waals surface area contributed by atoms with Gasteiger partial charge in [-0.25, -0.2) is 4.79 Å². The molecule has 1 fully saturated rings. The largest absolute Gasteiger partial charge is 0.445 e. The summed E-state index contributed by atoms with van der Waals surface area (Å²) in [7, 11) is 0. The highest BCUT2D eigenvalue weighted by molar-refractivity contribution is 5.85. The molecule has 1 saturated heterocycles. The van der Waals surface area contributed by atoms with Crippen molar-refractivity contribution < 1.29 is 14.6 Å². The zero-order valence-corrected chi connectivity index (χ0v) is 10.7. The lowest BCUT2D eigenvalue weighted by Gasteiger charge is -2.41. The molecule has 18 heavy (non-hydrogen) atoms. The summed E-state index contributed by atoms with van der Waals surface area (Å²) in [4.78, 5) is 11.5. The van der Waals surface area contributed by atoms with Gasteiger partial charge in [-0.05, 0) is 5.56 Å². The van der Waals surface area contributed by atoms with E-state index in [0.717, 1.165) is 5.56 Å². The molecule has 0 aromatic heterocycles. The second-order valence-corrected chi connectivity index (χ2v) is 4.23. The van der Waals surface area contributed by atoms with E-state index in [4.69, 9.17) is 9.84 Å². The first-order valence-corrected chi connectivity index (χ1v) is 5.55. The van der Waals surface area contributed by atoms with Gasteiger partial charge < -0.3 is 20.5 Å². The number of halogens is 1. The number of benzene rings is 1. The maximum absolute atomic E-state index is 11.5. The third kappa shape index (κ3) is 3.60. The van der Waals surface area contributed by atoms with Gasteiger partial charge in [0, 0.05) is 13.1 Å². The number of rotatable bonds is 4. The number of alkyl carbamates (subject to hydrolysis) is 1. The van der Waals surface area contributed by atoms with E-state index in [0.29, 0.717) is 13.1 Å². The molecule has 2 rings (SSSR count). The summed E-state index contributed by atoms with van der Waals surface area (Å²) in [6.07, 6.45) is -0.496. The van der Waals surface area contributed by atoms with E-state index in [1.165, 1.54) is 0 Å². The summed E-state index contributed by atoms with van der Waals surface area (Å²) in [5, 5.41) is 14.8. The van der Waals surface area contributed by atoms with Crippen molar-refractivity contribution in [1.29, 1.82) is 0 Å². The molecule has 0 saturated carbocycles. The number of aliphatic hydroxyl groups is 1. The first-order valence-electron chi connectivity index (χ1n) is 5.55. The van der Waals surface area contributed by atoms with Crippen LogP contribution in [0.2, 0.25) is 0 Å². The number of ether oxygens (including phenoxy) is 1. The molecule has 0 atom stereocenters. The molecule has 6 heteroatoms. The summed E-state index contributed by atoms with van der Waals surface area (Å²) in [6.45, 7) is 1.30. The maximum Gasteiger partial charge on any atom is 0.408 e. The number of nitrogens with one attached hydrogen (secondary N) is 2. The fourth-order valence-corrected chi connectivity index (χ4v) is 1.64. The normalized spacial score (nSPS) is 16.1. The first-order chi connectivity index (χ1) is 8.24. The van der Waals surface area contributed by atoms with Crippen LogP contribution in [0.25, 0.3) is 0 Å². The van der Waals surface area contributed by atoms with Crippen LogP contribution in [0.1, 0.15) is 5.56 Å². The summed E-state index contributed by atoms with van der Waals surface area (Å²) < 4.78 is 5.07. The van der Waals surface area contributed by atoms with Crippen LogP contribution in [0.4, 0.5) is 4.79 Å². The second-order valence-electron chi connectivity index (χ2n) is 4.23. The smallest absolute Gasteiger partial charge is 0.408 e. The van der Waals surface area contributed by atoms with Crippen LogP contribution in [0.15, 0.2) is 30.3 Å². The van der Waals surface area contributed by atoms with Crippen LogP contribution >= 0.6 is 12.4 Å². The molecule has 3 N–H and O–H groups in total. The lowest BCUT2D eigenvalue weighted by molar-refractivity contribution is 0.0820. The van der Waals surface area contributed by atoms with E-state index < -0.39 is 11.6 Å². The first kappa shape index (κ1) is 14.8. The van der Waals surface area contributed by atoms with E-state index in [1.54, 1.807) is 0 Å². The lowest BCUT2D eigenvalue weighted by Crippen LogP contribution is -2.71. The third-order valence-electron chi connectivity index (χ3n) is 2.81. The monoisotopic (exact) mass is 272 g/mol. The molecule has 0 unspecified atom stereocenters. The minimum atomic E-state index is -0.548. The van der Waals surface area contributed by atoms with Crippen molar-refractivity contribution in [2.24, 2.45) is 0 Å². The van der Waals surface area contributed by atoms with Gasteiger partial charge in [0.05, 0.1) is 12.1 Å². The number of carbonyl (C=O) groups excluding carboxylic acids is 1. The molecular weight excluding hydrogens is 256 g/mol. The van der Waals surface area contributed by atoms with E-state index in [9.17, 15) is 4.79 Å². The van der Waals surface area contributed by atoms with Gasteiger partial charge in [0.25, 0.3) is 0 Å². The minimum Gasteiger partial charge on any atom is -0.445 e. The Hall–Kier alpha value is -1.30. The summed E-state index contributed by atoms with van der Waals surface area (Å²) in [5.41, 5.74) is 0.390. The number of amides is 1. The Labute approximate surface area is 112 Å². The van der Waals surface area contributed by atoms with Crippen LogP contribution in [0, 0.1) is 0 Å². The van der Waals surface area contributed by atoms with Crippen molar-refractivity contribution in [2.75, 3.05) is 19.7 Å². The Morgan fingerprint density at radius 2 is 2.06 bits per heavy atom. The molecule has 1 aliphatic rings. The van der Waals surface area contributed by atoms with Crippen LogP contribution in [-0.2, 0) is 11.3 Å². The van der Waals surface area contributed by atoms with Gasteiger partial charge in [0.1, 0.15) is 6.61 Å². The van der Waals surface area contributed by atoms with Crippen molar-refractivity contribution in [3.05, 3.63) is 35.9 Å². The molecule has 1 aromatic rings. The molecule has 1 heterocycles. The Morgan fingerprint density at radius 3 is 2.56 bits per heavy atom. The van der Waals surface area contributed by atoms with Crippen LogP contribution in [0.5, 0.6) is 0 Å². The molecule has 0 aliphatic carbocycles. The minimum absolute atomic E-state index is 0. The topological polar surface area (TPSA) is 70.6 Å². The highest BCUT2D eigenvalue weighted by atomic mass is 35.5. The van der Waals surface area contributed by atoms with E-state index >= 15 is 0 Å². The van der Waals surface area contributed by atoms with Crippen molar-refractivity contribution in [3.8, 4) is 0 Å². The molecule has 1 amide bonds. The number of hydrogen-bond acceptors (Lipinski definition) is 4. The van der Waals surface area contributed by atoms with Crippen LogP contribution in [0.3, 0.4) is 0 Å². The highest BCUT2D eigenvalue weighted by Gasteiger charge is 2.38. The zero-order valence-electron chi connectivity index (χ0n) is 9.89. The van der Waals surface area contributed by atoms with Gasteiger partial charge in [-0.2, -0.15) is 0 Å². The van der Waals surface area contributed by atoms with E-state index in [-0.39, 0.29) is 25.6 Å². The fourth-order valence-electron chi connectivity index (χ4n) is 1.64. The Balaban J connectivity index is 0.00000162. The van der Waals surface area contributed by atoms with Crippen molar-refractivity contribution in [3.63, 3.8) is 0 Å².